The molecule has 156 valence electrons. The van der Waals surface area contributed by atoms with Crippen LogP contribution in [0.3, 0.4) is 0 Å². The van der Waals surface area contributed by atoms with Crippen LogP contribution in [-0.4, -0.2) is 60.2 Å². The number of amides is 1. The maximum atomic E-state index is 12.7. The summed E-state index contributed by atoms with van der Waals surface area (Å²) in [5.41, 5.74) is 0. The minimum atomic E-state index is -0.988. The molecule has 0 fully saturated rings. The van der Waals surface area contributed by atoms with Crippen molar-refractivity contribution in [2.75, 3.05) is 39.6 Å². The number of alkyl halides is 2. The molecule has 0 aliphatic rings. The highest BCUT2D eigenvalue weighted by molar-refractivity contribution is 6.39. The Labute approximate surface area is 172 Å². The summed E-state index contributed by atoms with van der Waals surface area (Å²) in [6, 6.07) is 0. The lowest BCUT2D eigenvalue weighted by molar-refractivity contribution is -0.133. The number of carbonyl (C=O) groups excluding carboxylic acids is 1. The van der Waals surface area contributed by atoms with Gasteiger partial charge in [0.1, 0.15) is 4.87 Å². The molecule has 0 spiro atoms. The molecule has 0 aromatic heterocycles. The summed E-state index contributed by atoms with van der Waals surface area (Å²) in [6.45, 7) is 6.51. The van der Waals surface area contributed by atoms with E-state index >= 15 is 0 Å². The Morgan fingerprint density at radius 3 is 1.73 bits per heavy atom. The van der Waals surface area contributed by atoms with Crippen LogP contribution in [-0.2, 0) is 4.79 Å². The fourth-order valence-corrected chi connectivity index (χ4v) is 3.30. The van der Waals surface area contributed by atoms with E-state index in [2.05, 4.69) is 25.9 Å². The topological polar surface area (TPSA) is 23.6 Å². The van der Waals surface area contributed by atoms with Crippen molar-refractivity contribution in [3.05, 3.63) is 0 Å². The number of rotatable bonds is 17. The monoisotopic (exact) mass is 408 g/mol. The highest BCUT2D eigenvalue weighted by Gasteiger charge is 2.33. The van der Waals surface area contributed by atoms with Crippen molar-refractivity contribution in [2.45, 2.75) is 89.4 Å². The predicted octanol–water partition coefficient (Wildman–Crippen LogP) is 5.92. The van der Waals surface area contributed by atoms with Crippen molar-refractivity contribution in [3.8, 4) is 0 Å². The van der Waals surface area contributed by atoms with Crippen LogP contribution in [0, 0.1) is 0 Å². The molecule has 1 amide bonds. The van der Waals surface area contributed by atoms with Crippen LogP contribution in [0.4, 0.5) is 0 Å². The number of nitrogens with zero attached hydrogens (tertiary/aromatic N) is 2. The van der Waals surface area contributed by atoms with Gasteiger partial charge >= 0.3 is 0 Å². The van der Waals surface area contributed by atoms with Gasteiger partial charge in [-0.1, -0.05) is 64.7 Å². The third-order valence-electron chi connectivity index (χ3n) is 4.80. The molecule has 0 aliphatic carbocycles. The molecule has 0 aromatic carbocycles. The van der Waals surface area contributed by atoms with E-state index in [1.54, 1.807) is 6.92 Å². The number of hydrogen-bond acceptors (Lipinski definition) is 2. The third kappa shape index (κ3) is 13.2. The molecule has 0 saturated carbocycles. The molecule has 3 nitrogen and oxygen atoms in total. The summed E-state index contributed by atoms with van der Waals surface area (Å²) in [4.78, 5) is 15.7. The fourth-order valence-electron chi connectivity index (χ4n) is 3.07. The molecule has 1 unspecified atom stereocenters. The number of hydrogen-bond donors (Lipinski definition) is 0. The second kappa shape index (κ2) is 16.0. The normalized spacial score (nSPS) is 13.8. The standard InChI is InChI=1S/C21H42Cl2N2O/c1-5-6-7-8-9-10-11-12-13-14-17-25(18-15-16-24(3)4)20(26)21(2,23)19-22/h5-19H2,1-4H3. The molecule has 0 heterocycles. The smallest absolute Gasteiger partial charge is 0.244 e. The molecular formula is C21H42Cl2N2O. The molecule has 26 heavy (non-hydrogen) atoms. The van der Waals surface area contributed by atoms with Crippen LogP contribution in [0.25, 0.3) is 0 Å². The van der Waals surface area contributed by atoms with Gasteiger partial charge in [-0.3, -0.25) is 4.79 Å². The molecule has 0 radical (unpaired) electrons. The van der Waals surface area contributed by atoms with Crippen LogP contribution < -0.4 is 0 Å². The highest BCUT2D eigenvalue weighted by Crippen LogP contribution is 2.20. The van der Waals surface area contributed by atoms with Gasteiger partial charge in [0.2, 0.25) is 5.91 Å². The summed E-state index contributed by atoms with van der Waals surface area (Å²) in [6.07, 6.45) is 14.0. The second-order valence-electron chi connectivity index (χ2n) is 7.96. The van der Waals surface area contributed by atoms with Crippen LogP contribution in [0.1, 0.15) is 84.5 Å². The van der Waals surface area contributed by atoms with Gasteiger partial charge in [-0.15, -0.1) is 23.2 Å². The average molecular weight is 409 g/mol. The van der Waals surface area contributed by atoms with E-state index < -0.39 is 4.87 Å². The number of carbonyl (C=O) groups is 1. The average Bonchev–Trinajstić information content (AvgIpc) is 2.60. The molecular weight excluding hydrogens is 367 g/mol. The van der Waals surface area contributed by atoms with Gasteiger partial charge in [0, 0.05) is 13.1 Å². The first kappa shape index (κ1) is 26.0. The van der Waals surface area contributed by atoms with Crippen molar-refractivity contribution in [3.63, 3.8) is 0 Å². The Kier molecular flexibility index (Phi) is 16.0. The Balaban J connectivity index is 4.05. The van der Waals surface area contributed by atoms with Crippen molar-refractivity contribution in [1.82, 2.24) is 9.80 Å². The largest absolute Gasteiger partial charge is 0.341 e. The Morgan fingerprint density at radius 1 is 0.808 bits per heavy atom. The van der Waals surface area contributed by atoms with Crippen LogP contribution in [0.2, 0.25) is 0 Å². The summed E-state index contributed by atoms with van der Waals surface area (Å²) in [5.74, 6) is 0.124. The van der Waals surface area contributed by atoms with Crippen molar-refractivity contribution in [2.24, 2.45) is 0 Å². The van der Waals surface area contributed by atoms with Crippen molar-refractivity contribution >= 4 is 29.1 Å². The maximum absolute atomic E-state index is 12.7. The molecule has 1 atom stereocenters. The summed E-state index contributed by atoms with van der Waals surface area (Å²) in [7, 11) is 4.11. The lowest BCUT2D eigenvalue weighted by Crippen LogP contribution is -2.46. The fraction of sp³-hybridized carbons (Fsp3) is 0.952. The quantitative estimate of drug-likeness (QED) is 0.220. The minimum absolute atomic E-state index is 0.0242. The van der Waals surface area contributed by atoms with E-state index in [-0.39, 0.29) is 11.8 Å². The van der Waals surface area contributed by atoms with Gasteiger partial charge in [-0.2, -0.15) is 0 Å². The second-order valence-corrected chi connectivity index (χ2v) is 9.06. The van der Waals surface area contributed by atoms with Gasteiger partial charge < -0.3 is 9.80 Å². The molecule has 0 saturated heterocycles. The first-order chi connectivity index (χ1) is 12.3. The zero-order valence-electron chi connectivity index (χ0n) is 17.7. The Hall–Kier alpha value is 0.01000. The van der Waals surface area contributed by atoms with Crippen LogP contribution >= 0.6 is 23.2 Å². The molecule has 0 N–H and O–H groups in total. The molecule has 0 bridgehead atoms. The van der Waals surface area contributed by atoms with Crippen molar-refractivity contribution < 1.29 is 4.79 Å². The van der Waals surface area contributed by atoms with Crippen LogP contribution in [0.5, 0.6) is 0 Å². The van der Waals surface area contributed by atoms with Gasteiger partial charge in [0.25, 0.3) is 0 Å². The van der Waals surface area contributed by atoms with Crippen LogP contribution in [0.15, 0.2) is 0 Å². The highest BCUT2D eigenvalue weighted by atomic mass is 35.5. The third-order valence-corrected chi connectivity index (χ3v) is 5.77. The maximum Gasteiger partial charge on any atom is 0.244 e. The number of halogens is 2. The summed E-state index contributed by atoms with van der Waals surface area (Å²) < 4.78 is 0. The summed E-state index contributed by atoms with van der Waals surface area (Å²) >= 11 is 12.2. The minimum Gasteiger partial charge on any atom is -0.341 e. The lowest BCUT2D eigenvalue weighted by atomic mass is 10.1. The van der Waals surface area contributed by atoms with E-state index in [9.17, 15) is 4.79 Å². The van der Waals surface area contributed by atoms with Gasteiger partial charge in [-0.25, -0.2) is 0 Å². The molecule has 5 heteroatoms. The Morgan fingerprint density at radius 2 is 1.27 bits per heavy atom. The lowest BCUT2D eigenvalue weighted by Gasteiger charge is -2.29. The SMILES string of the molecule is CCCCCCCCCCCCN(CCCN(C)C)C(=O)C(C)(Cl)CCl. The van der Waals surface area contributed by atoms with Gasteiger partial charge in [-0.05, 0) is 40.4 Å². The Bertz CT molecular complexity index is 349. The van der Waals surface area contributed by atoms with E-state index in [0.717, 1.165) is 32.5 Å². The van der Waals surface area contributed by atoms with E-state index in [4.69, 9.17) is 23.2 Å². The van der Waals surface area contributed by atoms with Crippen molar-refractivity contribution in [1.29, 1.82) is 0 Å². The van der Waals surface area contributed by atoms with Gasteiger partial charge in [0.15, 0.2) is 0 Å². The van der Waals surface area contributed by atoms with Gasteiger partial charge in [0.05, 0.1) is 5.88 Å². The van der Waals surface area contributed by atoms with E-state index in [1.807, 2.05) is 4.90 Å². The molecule has 0 aliphatic heterocycles. The predicted molar refractivity (Wildman–Crippen MR) is 117 cm³/mol. The number of unbranched alkanes of at least 4 members (excludes halogenated alkanes) is 9. The first-order valence-corrected chi connectivity index (χ1v) is 11.5. The zero-order valence-corrected chi connectivity index (χ0v) is 19.2. The zero-order chi connectivity index (χ0) is 19.8. The summed E-state index contributed by atoms with van der Waals surface area (Å²) in [5, 5.41) is 0. The molecule has 0 aromatic rings. The first-order valence-electron chi connectivity index (χ1n) is 10.5. The van der Waals surface area contributed by atoms with E-state index in [0.29, 0.717) is 0 Å². The molecule has 0 rings (SSSR count). The van der Waals surface area contributed by atoms with E-state index in [1.165, 1.54) is 57.8 Å².